The fourth-order valence-electron chi connectivity index (χ4n) is 2.94. The van der Waals surface area contributed by atoms with Crippen molar-refractivity contribution >= 4 is 17.2 Å². The Morgan fingerprint density at radius 2 is 2.14 bits per heavy atom. The Hall–Kier alpha value is -0.950. The molecule has 0 radical (unpaired) electrons. The highest BCUT2D eigenvalue weighted by Gasteiger charge is 2.31. The van der Waals surface area contributed by atoms with Gasteiger partial charge in [0.25, 0.3) is 0 Å². The molecule has 1 atom stereocenters. The second kappa shape index (κ2) is 6.87. The van der Waals surface area contributed by atoms with E-state index in [9.17, 15) is 4.79 Å². The largest absolute Gasteiger partial charge is 0.379 e. The van der Waals surface area contributed by atoms with E-state index in [0.29, 0.717) is 6.54 Å². The monoisotopic (exact) mass is 309 g/mol. The van der Waals surface area contributed by atoms with E-state index in [-0.39, 0.29) is 12.1 Å². The van der Waals surface area contributed by atoms with Gasteiger partial charge in [0.2, 0.25) is 5.91 Å². The van der Waals surface area contributed by atoms with Crippen molar-refractivity contribution in [2.75, 3.05) is 45.9 Å². The summed E-state index contributed by atoms with van der Waals surface area (Å²) in [4.78, 5) is 19.0. The van der Waals surface area contributed by atoms with Crippen LogP contribution in [0, 0.1) is 6.92 Å². The highest BCUT2D eigenvalue weighted by atomic mass is 32.1. The molecule has 0 bridgehead atoms. The molecule has 2 fully saturated rings. The predicted molar refractivity (Wildman–Crippen MR) is 83.4 cm³/mol. The third-order valence-corrected chi connectivity index (χ3v) is 5.14. The minimum atomic E-state index is 0.0703. The van der Waals surface area contributed by atoms with Crippen LogP contribution in [-0.4, -0.2) is 61.6 Å². The van der Waals surface area contributed by atoms with Crippen LogP contribution in [0.5, 0.6) is 0 Å². The minimum Gasteiger partial charge on any atom is -0.379 e. The molecule has 2 aliphatic rings. The van der Waals surface area contributed by atoms with Crippen molar-refractivity contribution < 1.29 is 9.53 Å². The van der Waals surface area contributed by atoms with Gasteiger partial charge in [0.05, 0.1) is 19.8 Å². The van der Waals surface area contributed by atoms with Crippen LogP contribution in [0.2, 0.25) is 0 Å². The lowest BCUT2D eigenvalue weighted by Gasteiger charge is -2.28. The lowest BCUT2D eigenvalue weighted by Crippen LogP contribution is -2.38. The number of ether oxygens (including phenoxy) is 1. The SMILES string of the molecule is Cc1ccc(C2NCC(=O)N2CCCN2CCOCC2)s1. The molecule has 2 aliphatic heterocycles. The van der Waals surface area contributed by atoms with E-state index in [4.69, 9.17) is 4.74 Å². The first-order valence-corrected chi connectivity index (χ1v) is 8.45. The van der Waals surface area contributed by atoms with Crippen molar-refractivity contribution in [3.63, 3.8) is 0 Å². The summed E-state index contributed by atoms with van der Waals surface area (Å²) < 4.78 is 5.36. The van der Waals surface area contributed by atoms with Gasteiger partial charge < -0.3 is 9.64 Å². The lowest BCUT2D eigenvalue weighted by atomic mass is 10.3. The molecular formula is C15H23N3O2S. The first kappa shape index (κ1) is 15.0. The molecule has 0 aromatic carbocycles. The van der Waals surface area contributed by atoms with E-state index in [1.165, 1.54) is 9.75 Å². The fourth-order valence-corrected chi connectivity index (χ4v) is 3.90. The third kappa shape index (κ3) is 3.63. The smallest absolute Gasteiger partial charge is 0.238 e. The van der Waals surface area contributed by atoms with Crippen molar-refractivity contribution in [2.45, 2.75) is 19.5 Å². The molecule has 6 heteroatoms. The van der Waals surface area contributed by atoms with Crippen LogP contribution in [0.25, 0.3) is 0 Å². The number of aryl methyl sites for hydroxylation is 1. The number of amides is 1. The highest BCUT2D eigenvalue weighted by Crippen LogP contribution is 2.28. The first-order chi connectivity index (χ1) is 10.2. The van der Waals surface area contributed by atoms with Crippen LogP contribution in [0.3, 0.4) is 0 Å². The van der Waals surface area contributed by atoms with Crippen LogP contribution < -0.4 is 5.32 Å². The van der Waals surface area contributed by atoms with Crippen molar-refractivity contribution in [2.24, 2.45) is 0 Å². The van der Waals surface area contributed by atoms with Gasteiger partial charge in [-0.15, -0.1) is 11.3 Å². The van der Waals surface area contributed by atoms with Gasteiger partial charge in [-0.25, -0.2) is 0 Å². The quantitative estimate of drug-likeness (QED) is 0.888. The second-order valence-corrected chi connectivity index (χ2v) is 6.95. The molecule has 0 aliphatic carbocycles. The van der Waals surface area contributed by atoms with Crippen molar-refractivity contribution in [1.82, 2.24) is 15.1 Å². The number of nitrogens with one attached hydrogen (secondary N) is 1. The molecule has 21 heavy (non-hydrogen) atoms. The second-order valence-electron chi connectivity index (χ2n) is 5.63. The maximum absolute atomic E-state index is 12.1. The van der Waals surface area contributed by atoms with Gasteiger partial charge in [0, 0.05) is 35.9 Å². The maximum atomic E-state index is 12.1. The Labute approximate surface area is 129 Å². The van der Waals surface area contributed by atoms with Gasteiger partial charge in [-0.05, 0) is 25.5 Å². The number of carbonyl (C=O) groups excluding carboxylic acids is 1. The van der Waals surface area contributed by atoms with Crippen LogP contribution in [-0.2, 0) is 9.53 Å². The molecule has 1 aromatic heterocycles. The van der Waals surface area contributed by atoms with Gasteiger partial charge in [-0.2, -0.15) is 0 Å². The summed E-state index contributed by atoms with van der Waals surface area (Å²) in [7, 11) is 0. The van der Waals surface area contributed by atoms with Gasteiger partial charge in [0.15, 0.2) is 0 Å². The molecule has 3 heterocycles. The summed E-state index contributed by atoms with van der Waals surface area (Å²) in [5.41, 5.74) is 0. The Morgan fingerprint density at radius 3 is 2.86 bits per heavy atom. The van der Waals surface area contributed by atoms with E-state index in [2.05, 4.69) is 29.3 Å². The molecule has 116 valence electrons. The van der Waals surface area contributed by atoms with Gasteiger partial charge in [-0.3, -0.25) is 15.0 Å². The molecule has 5 nitrogen and oxygen atoms in total. The maximum Gasteiger partial charge on any atom is 0.238 e. The van der Waals surface area contributed by atoms with E-state index in [0.717, 1.165) is 45.8 Å². The number of hydrogen-bond acceptors (Lipinski definition) is 5. The van der Waals surface area contributed by atoms with E-state index in [1.807, 2.05) is 4.90 Å². The molecule has 2 saturated heterocycles. The summed E-state index contributed by atoms with van der Waals surface area (Å²) in [6.45, 7) is 8.13. The number of morpholine rings is 1. The van der Waals surface area contributed by atoms with Crippen molar-refractivity contribution in [1.29, 1.82) is 0 Å². The Morgan fingerprint density at radius 1 is 1.33 bits per heavy atom. The van der Waals surface area contributed by atoms with E-state index >= 15 is 0 Å². The molecule has 1 aromatic rings. The summed E-state index contributed by atoms with van der Waals surface area (Å²) in [5, 5.41) is 3.33. The summed E-state index contributed by atoms with van der Waals surface area (Å²) >= 11 is 1.77. The fraction of sp³-hybridized carbons (Fsp3) is 0.667. The topological polar surface area (TPSA) is 44.8 Å². The Kier molecular flexibility index (Phi) is 4.90. The normalized spacial score (nSPS) is 24.0. The van der Waals surface area contributed by atoms with Gasteiger partial charge in [0.1, 0.15) is 6.17 Å². The highest BCUT2D eigenvalue weighted by molar-refractivity contribution is 7.12. The van der Waals surface area contributed by atoms with Crippen LogP contribution in [0.1, 0.15) is 22.3 Å². The zero-order chi connectivity index (χ0) is 14.7. The summed E-state index contributed by atoms with van der Waals surface area (Å²) in [6.07, 6.45) is 1.09. The van der Waals surface area contributed by atoms with Crippen LogP contribution in [0.15, 0.2) is 12.1 Å². The number of carbonyl (C=O) groups is 1. The summed E-state index contributed by atoms with van der Waals surface area (Å²) in [5.74, 6) is 0.216. The standard InChI is InChI=1S/C15H23N3O2S/c1-12-3-4-13(21-12)15-16-11-14(19)18(15)6-2-5-17-7-9-20-10-8-17/h3-4,15-16H,2,5-11H2,1H3. The van der Waals surface area contributed by atoms with Gasteiger partial charge >= 0.3 is 0 Å². The molecule has 0 saturated carbocycles. The number of hydrogen-bond donors (Lipinski definition) is 1. The molecule has 0 spiro atoms. The van der Waals surface area contributed by atoms with Crippen LogP contribution in [0.4, 0.5) is 0 Å². The minimum absolute atomic E-state index is 0.0703. The first-order valence-electron chi connectivity index (χ1n) is 7.63. The zero-order valence-corrected chi connectivity index (χ0v) is 13.3. The Balaban J connectivity index is 1.53. The lowest BCUT2D eigenvalue weighted by molar-refractivity contribution is -0.128. The molecular weight excluding hydrogens is 286 g/mol. The molecule has 1 N–H and O–H groups in total. The van der Waals surface area contributed by atoms with Crippen LogP contribution >= 0.6 is 11.3 Å². The average Bonchev–Trinajstić information content (AvgIpc) is 3.07. The zero-order valence-electron chi connectivity index (χ0n) is 12.5. The molecule has 3 rings (SSSR count). The third-order valence-electron chi connectivity index (χ3n) is 4.09. The summed E-state index contributed by atoms with van der Waals surface area (Å²) in [6, 6.07) is 4.25. The number of rotatable bonds is 5. The molecule has 1 amide bonds. The predicted octanol–water partition coefficient (Wildman–Crippen LogP) is 1.21. The Bertz CT molecular complexity index is 485. The number of nitrogens with zero attached hydrogens (tertiary/aromatic N) is 2. The van der Waals surface area contributed by atoms with E-state index < -0.39 is 0 Å². The van der Waals surface area contributed by atoms with Gasteiger partial charge in [-0.1, -0.05) is 0 Å². The van der Waals surface area contributed by atoms with E-state index in [1.54, 1.807) is 11.3 Å². The van der Waals surface area contributed by atoms with Crippen molar-refractivity contribution in [3.05, 3.63) is 21.9 Å². The van der Waals surface area contributed by atoms with Crippen molar-refractivity contribution in [3.8, 4) is 0 Å². The average molecular weight is 309 g/mol. The molecule has 1 unspecified atom stereocenters. The number of thiophene rings is 1.